The summed E-state index contributed by atoms with van der Waals surface area (Å²) in [5.41, 5.74) is 2.17. The largest absolute Gasteiger partial charge is 0.289 e. The quantitative estimate of drug-likeness (QED) is 0.674. The fraction of sp³-hybridized carbons (Fsp3) is 0. The van der Waals surface area contributed by atoms with Crippen LogP contribution in [0.3, 0.4) is 0 Å². The van der Waals surface area contributed by atoms with Crippen molar-refractivity contribution in [3.05, 3.63) is 80.2 Å². The molecular formula is C16H10O2S2. The summed E-state index contributed by atoms with van der Waals surface area (Å²) in [5, 5.41) is 7.31. The van der Waals surface area contributed by atoms with Gasteiger partial charge in [-0.3, -0.25) is 9.59 Å². The average Bonchev–Trinajstić information content (AvgIpc) is 3.18. The molecule has 0 saturated heterocycles. The summed E-state index contributed by atoms with van der Waals surface area (Å²) in [7, 11) is 0. The maximum atomic E-state index is 12.5. The van der Waals surface area contributed by atoms with Gasteiger partial charge in [0, 0.05) is 33.0 Å². The highest BCUT2D eigenvalue weighted by molar-refractivity contribution is 7.08. The van der Waals surface area contributed by atoms with Crippen LogP contribution in [0.4, 0.5) is 0 Å². The van der Waals surface area contributed by atoms with Crippen molar-refractivity contribution in [2.24, 2.45) is 0 Å². The molecule has 0 unspecified atom stereocenters. The molecule has 98 valence electrons. The van der Waals surface area contributed by atoms with Crippen molar-refractivity contribution in [3.63, 3.8) is 0 Å². The summed E-state index contributed by atoms with van der Waals surface area (Å²) >= 11 is 2.94. The minimum atomic E-state index is -0.106. The molecule has 0 bridgehead atoms. The van der Waals surface area contributed by atoms with Crippen molar-refractivity contribution in [1.29, 1.82) is 0 Å². The molecular weight excluding hydrogens is 288 g/mol. The van der Waals surface area contributed by atoms with Gasteiger partial charge >= 0.3 is 0 Å². The highest BCUT2D eigenvalue weighted by atomic mass is 32.1. The summed E-state index contributed by atoms with van der Waals surface area (Å²) in [4.78, 5) is 24.9. The number of benzene rings is 1. The van der Waals surface area contributed by atoms with Gasteiger partial charge in [0.2, 0.25) is 0 Å². The van der Waals surface area contributed by atoms with Crippen LogP contribution in [0, 0.1) is 0 Å². The van der Waals surface area contributed by atoms with Gasteiger partial charge in [-0.25, -0.2) is 0 Å². The monoisotopic (exact) mass is 298 g/mol. The lowest BCUT2D eigenvalue weighted by atomic mass is 9.95. The van der Waals surface area contributed by atoms with Gasteiger partial charge in [-0.2, -0.15) is 22.7 Å². The normalized spacial score (nSPS) is 10.4. The number of hydrogen-bond acceptors (Lipinski definition) is 4. The van der Waals surface area contributed by atoms with Crippen molar-refractivity contribution in [3.8, 4) is 0 Å². The first kappa shape index (κ1) is 13.0. The molecule has 20 heavy (non-hydrogen) atoms. The Morgan fingerprint density at radius 3 is 1.50 bits per heavy atom. The molecule has 2 aromatic heterocycles. The second kappa shape index (κ2) is 5.53. The first-order chi connectivity index (χ1) is 9.77. The molecule has 0 N–H and O–H groups in total. The maximum absolute atomic E-state index is 12.5. The minimum absolute atomic E-state index is 0.106. The van der Waals surface area contributed by atoms with Crippen LogP contribution in [0.2, 0.25) is 0 Å². The summed E-state index contributed by atoms with van der Waals surface area (Å²) < 4.78 is 0. The lowest BCUT2D eigenvalue weighted by Gasteiger charge is -2.06. The summed E-state index contributed by atoms with van der Waals surface area (Å²) in [6, 6.07) is 10.5. The molecule has 3 rings (SSSR count). The van der Waals surface area contributed by atoms with Crippen LogP contribution in [0.25, 0.3) is 0 Å². The number of rotatable bonds is 4. The van der Waals surface area contributed by atoms with Gasteiger partial charge in [0.25, 0.3) is 0 Å². The van der Waals surface area contributed by atoms with E-state index in [0.29, 0.717) is 22.3 Å². The Morgan fingerprint density at radius 1 is 0.700 bits per heavy atom. The van der Waals surface area contributed by atoms with Crippen molar-refractivity contribution in [2.45, 2.75) is 0 Å². The molecule has 0 aliphatic heterocycles. The molecule has 0 atom stereocenters. The van der Waals surface area contributed by atoms with E-state index in [1.807, 2.05) is 10.8 Å². The smallest absolute Gasteiger partial charge is 0.194 e. The molecule has 2 heterocycles. The van der Waals surface area contributed by atoms with E-state index in [-0.39, 0.29) is 11.6 Å². The standard InChI is InChI=1S/C16H10O2S2/c17-15(11-5-7-19-9-11)13-3-1-2-4-14(13)16(18)12-6-8-20-10-12/h1-10H. The predicted molar refractivity (Wildman–Crippen MR) is 81.9 cm³/mol. The lowest BCUT2D eigenvalue weighted by molar-refractivity contribution is 0.100. The minimum Gasteiger partial charge on any atom is -0.289 e. The van der Waals surface area contributed by atoms with Gasteiger partial charge < -0.3 is 0 Å². The van der Waals surface area contributed by atoms with E-state index < -0.39 is 0 Å². The number of carbonyl (C=O) groups excluding carboxylic acids is 2. The predicted octanol–water partition coefficient (Wildman–Crippen LogP) is 4.27. The van der Waals surface area contributed by atoms with E-state index in [1.54, 1.807) is 47.2 Å². The molecule has 0 aliphatic carbocycles. The van der Waals surface area contributed by atoms with Gasteiger partial charge in [-0.1, -0.05) is 24.3 Å². The van der Waals surface area contributed by atoms with Gasteiger partial charge in [-0.15, -0.1) is 0 Å². The lowest BCUT2D eigenvalue weighted by Crippen LogP contribution is -2.09. The third-order valence-corrected chi connectivity index (χ3v) is 4.35. The second-order valence-corrected chi connectivity index (χ2v) is 5.79. The van der Waals surface area contributed by atoms with Crippen LogP contribution in [0.15, 0.2) is 57.9 Å². The Morgan fingerprint density at radius 2 is 1.15 bits per heavy atom. The fourth-order valence-electron chi connectivity index (χ4n) is 1.98. The first-order valence-electron chi connectivity index (χ1n) is 6.00. The topological polar surface area (TPSA) is 34.1 Å². The summed E-state index contributed by atoms with van der Waals surface area (Å²) in [6.07, 6.45) is 0. The molecule has 3 aromatic rings. The van der Waals surface area contributed by atoms with Gasteiger partial charge in [0.15, 0.2) is 11.6 Å². The highest BCUT2D eigenvalue weighted by Gasteiger charge is 2.19. The Balaban J connectivity index is 2.05. The number of hydrogen-bond donors (Lipinski definition) is 0. The third-order valence-electron chi connectivity index (χ3n) is 2.98. The molecule has 1 aromatic carbocycles. The molecule has 0 amide bonds. The van der Waals surface area contributed by atoms with Crippen molar-refractivity contribution >= 4 is 34.2 Å². The van der Waals surface area contributed by atoms with Gasteiger partial charge in [0.1, 0.15) is 0 Å². The van der Waals surface area contributed by atoms with Crippen LogP contribution in [0.1, 0.15) is 31.8 Å². The van der Waals surface area contributed by atoms with Gasteiger partial charge in [-0.05, 0) is 22.9 Å². The maximum Gasteiger partial charge on any atom is 0.194 e. The fourth-order valence-corrected chi connectivity index (χ4v) is 3.25. The average molecular weight is 298 g/mol. The molecule has 0 saturated carbocycles. The molecule has 0 aliphatic rings. The number of ketones is 2. The van der Waals surface area contributed by atoms with E-state index in [1.165, 1.54) is 22.7 Å². The van der Waals surface area contributed by atoms with E-state index in [4.69, 9.17) is 0 Å². The van der Waals surface area contributed by atoms with Crippen LogP contribution in [-0.2, 0) is 0 Å². The molecule has 2 nitrogen and oxygen atoms in total. The summed E-state index contributed by atoms with van der Waals surface area (Å²) in [5.74, 6) is -0.212. The molecule has 4 heteroatoms. The SMILES string of the molecule is O=C(c1ccsc1)c1ccccc1C(=O)c1ccsc1. The van der Waals surface area contributed by atoms with Crippen LogP contribution in [0.5, 0.6) is 0 Å². The summed E-state index contributed by atoms with van der Waals surface area (Å²) in [6.45, 7) is 0. The van der Waals surface area contributed by atoms with Crippen molar-refractivity contribution in [1.82, 2.24) is 0 Å². The zero-order valence-electron chi connectivity index (χ0n) is 10.4. The molecule has 0 fully saturated rings. The number of carbonyl (C=O) groups is 2. The Bertz CT molecular complexity index is 675. The van der Waals surface area contributed by atoms with Crippen LogP contribution in [-0.4, -0.2) is 11.6 Å². The van der Waals surface area contributed by atoms with E-state index in [2.05, 4.69) is 0 Å². The zero-order valence-corrected chi connectivity index (χ0v) is 12.0. The Labute approximate surface area is 124 Å². The Kier molecular flexibility index (Phi) is 3.58. The Hall–Kier alpha value is -2.04. The molecule has 0 radical (unpaired) electrons. The van der Waals surface area contributed by atoms with E-state index in [9.17, 15) is 9.59 Å². The van der Waals surface area contributed by atoms with E-state index >= 15 is 0 Å². The second-order valence-electron chi connectivity index (χ2n) is 4.23. The van der Waals surface area contributed by atoms with Crippen molar-refractivity contribution < 1.29 is 9.59 Å². The highest BCUT2D eigenvalue weighted by Crippen LogP contribution is 2.20. The van der Waals surface area contributed by atoms with Crippen molar-refractivity contribution in [2.75, 3.05) is 0 Å². The van der Waals surface area contributed by atoms with Crippen LogP contribution < -0.4 is 0 Å². The van der Waals surface area contributed by atoms with Gasteiger partial charge in [0.05, 0.1) is 0 Å². The van der Waals surface area contributed by atoms with E-state index in [0.717, 1.165) is 0 Å². The number of thiophene rings is 2. The zero-order chi connectivity index (χ0) is 13.9. The molecule has 0 spiro atoms. The van der Waals surface area contributed by atoms with Crippen LogP contribution >= 0.6 is 22.7 Å². The first-order valence-corrected chi connectivity index (χ1v) is 7.89. The third kappa shape index (κ3) is 2.35.